The van der Waals surface area contributed by atoms with Crippen LogP contribution in [0.2, 0.25) is 0 Å². The molecule has 1 fully saturated rings. The first-order valence-electron chi connectivity index (χ1n) is 7.25. The number of hydrogen-bond donors (Lipinski definition) is 1. The van der Waals surface area contributed by atoms with Crippen LogP contribution in [0, 0.1) is 19.8 Å². The van der Waals surface area contributed by atoms with Gasteiger partial charge in [0, 0.05) is 17.5 Å². The van der Waals surface area contributed by atoms with Gasteiger partial charge in [-0.05, 0) is 39.2 Å². The maximum absolute atomic E-state index is 11.5. The molecular formula is C15H20N4OS. The van der Waals surface area contributed by atoms with Crippen molar-refractivity contribution >= 4 is 33.3 Å². The molecule has 1 aliphatic heterocycles. The molecule has 2 unspecified atom stereocenters. The van der Waals surface area contributed by atoms with E-state index in [0.717, 1.165) is 28.9 Å². The smallest absolute Gasteiger partial charge is 0.222 e. The molecule has 0 aliphatic carbocycles. The summed E-state index contributed by atoms with van der Waals surface area (Å²) in [5.41, 5.74) is 6.74. The molecule has 0 aromatic carbocycles. The number of anilines is 1. The number of primary amides is 1. The van der Waals surface area contributed by atoms with Gasteiger partial charge in [-0.3, -0.25) is 4.79 Å². The fraction of sp³-hybridized carbons (Fsp3) is 0.533. The van der Waals surface area contributed by atoms with Gasteiger partial charge in [-0.15, -0.1) is 11.3 Å². The van der Waals surface area contributed by atoms with E-state index in [0.29, 0.717) is 12.6 Å². The van der Waals surface area contributed by atoms with Gasteiger partial charge >= 0.3 is 0 Å². The lowest BCUT2D eigenvalue weighted by Crippen LogP contribution is -2.46. The van der Waals surface area contributed by atoms with E-state index in [1.807, 2.05) is 0 Å². The second kappa shape index (κ2) is 5.26. The monoisotopic (exact) mass is 304 g/mol. The summed E-state index contributed by atoms with van der Waals surface area (Å²) in [6.45, 7) is 7.05. The molecule has 1 saturated heterocycles. The molecule has 2 N–H and O–H groups in total. The lowest BCUT2D eigenvalue weighted by Gasteiger charge is -2.38. The lowest BCUT2D eigenvalue weighted by atomic mass is 9.92. The molecule has 1 aliphatic rings. The van der Waals surface area contributed by atoms with Crippen molar-refractivity contribution in [3.63, 3.8) is 0 Å². The van der Waals surface area contributed by atoms with Crippen molar-refractivity contribution in [1.82, 2.24) is 9.97 Å². The summed E-state index contributed by atoms with van der Waals surface area (Å²) in [6.07, 6.45) is 3.44. The molecule has 3 rings (SSSR count). The van der Waals surface area contributed by atoms with Crippen LogP contribution in [0.5, 0.6) is 0 Å². The van der Waals surface area contributed by atoms with E-state index in [1.165, 1.54) is 10.4 Å². The number of aryl methyl sites for hydroxylation is 2. The Morgan fingerprint density at radius 1 is 1.38 bits per heavy atom. The third-order valence-electron chi connectivity index (χ3n) is 4.50. The molecule has 0 saturated carbocycles. The van der Waals surface area contributed by atoms with Gasteiger partial charge in [-0.25, -0.2) is 9.97 Å². The van der Waals surface area contributed by atoms with Crippen LogP contribution in [0.3, 0.4) is 0 Å². The van der Waals surface area contributed by atoms with Crippen molar-refractivity contribution < 1.29 is 4.79 Å². The molecule has 3 heterocycles. The number of fused-ring (bicyclic) bond motifs is 1. The van der Waals surface area contributed by atoms with Crippen LogP contribution in [-0.4, -0.2) is 28.5 Å². The summed E-state index contributed by atoms with van der Waals surface area (Å²) >= 11 is 1.70. The highest BCUT2D eigenvalue weighted by atomic mass is 32.1. The standard InChI is InChI=1S/C15H20N4OS/c1-8-4-5-11(13(16)20)6-19(8)14-12-9(2)10(3)21-15(12)18-7-17-14/h7-8,11H,4-6H2,1-3H3,(H2,16,20). The van der Waals surface area contributed by atoms with Crippen molar-refractivity contribution in [2.45, 2.75) is 39.7 Å². The van der Waals surface area contributed by atoms with Gasteiger partial charge in [0.25, 0.3) is 0 Å². The Bertz CT molecular complexity index is 696. The van der Waals surface area contributed by atoms with Crippen LogP contribution < -0.4 is 10.6 Å². The highest BCUT2D eigenvalue weighted by Gasteiger charge is 2.31. The summed E-state index contributed by atoms with van der Waals surface area (Å²) in [6, 6.07) is 0.360. The molecule has 2 aromatic heterocycles. The highest BCUT2D eigenvalue weighted by Crippen LogP contribution is 2.37. The average Bonchev–Trinajstić information content (AvgIpc) is 2.74. The van der Waals surface area contributed by atoms with Crippen LogP contribution >= 0.6 is 11.3 Å². The van der Waals surface area contributed by atoms with E-state index in [2.05, 4.69) is 35.6 Å². The van der Waals surface area contributed by atoms with Crippen molar-refractivity contribution in [2.75, 3.05) is 11.4 Å². The Morgan fingerprint density at radius 3 is 2.86 bits per heavy atom. The van der Waals surface area contributed by atoms with Gasteiger partial charge in [0.2, 0.25) is 5.91 Å². The molecule has 1 amide bonds. The quantitative estimate of drug-likeness (QED) is 0.924. The number of amides is 1. The molecule has 2 aromatic rings. The Kier molecular flexibility index (Phi) is 3.57. The average molecular weight is 304 g/mol. The normalized spacial score (nSPS) is 22.7. The predicted octanol–water partition coefficient (Wildman–Crippen LogP) is 2.40. The van der Waals surface area contributed by atoms with E-state index in [1.54, 1.807) is 17.7 Å². The molecule has 2 atom stereocenters. The molecular weight excluding hydrogens is 284 g/mol. The molecule has 21 heavy (non-hydrogen) atoms. The van der Waals surface area contributed by atoms with Gasteiger partial charge in [0.05, 0.1) is 11.3 Å². The van der Waals surface area contributed by atoms with Gasteiger partial charge < -0.3 is 10.6 Å². The number of rotatable bonds is 2. The number of nitrogens with two attached hydrogens (primary N) is 1. The van der Waals surface area contributed by atoms with E-state index in [9.17, 15) is 4.79 Å². The Balaban J connectivity index is 2.08. The van der Waals surface area contributed by atoms with Crippen LogP contribution in [0.15, 0.2) is 6.33 Å². The zero-order valence-corrected chi connectivity index (χ0v) is 13.4. The fourth-order valence-corrected chi connectivity index (χ4v) is 4.01. The number of aromatic nitrogens is 2. The maximum Gasteiger partial charge on any atom is 0.222 e. The molecule has 112 valence electrons. The molecule has 5 nitrogen and oxygen atoms in total. The largest absolute Gasteiger partial charge is 0.369 e. The Hall–Kier alpha value is -1.69. The Labute approximate surface area is 128 Å². The summed E-state index contributed by atoms with van der Waals surface area (Å²) in [7, 11) is 0. The van der Waals surface area contributed by atoms with E-state index in [-0.39, 0.29) is 11.8 Å². The third-order valence-corrected chi connectivity index (χ3v) is 5.62. The van der Waals surface area contributed by atoms with Crippen molar-refractivity contribution in [3.05, 3.63) is 16.8 Å². The molecule has 0 radical (unpaired) electrons. The number of thiophene rings is 1. The fourth-order valence-electron chi connectivity index (χ4n) is 3.02. The van der Waals surface area contributed by atoms with Crippen molar-refractivity contribution in [1.29, 1.82) is 0 Å². The molecule has 0 bridgehead atoms. The molecule has 0 spiro atoms. The number of carbonyl (C=O) groups excluding carboxylic acids is 1. The second-order valence-corrected chi connectivity index (χ2v) is 7.04. The number of hydrogen-bond acceptors (Lipinski definition) is 5. The minimum atomic E-state index is -0.213. The van der Waals surface area contributed by atoms with E-state index in [4.69, 9.17) is 5.73 Å². The SMILES string of the molecule is Cc1sc2ncnc(N3CC(C(N)=O)CCC3C)c2c1C. The summed E-state index contributed by atoms with van der Waals surface area (Å²) in [5.74, 6) is 0.641. The van der Waals surface area contributed by atoms with Crippen LogP contribution in [-0.2, 0) is 4.79 Å². The lowest BCUT2D eigenvalue weighted by molar-refractivity contribution is -0.122. The molecule has 6 heteroatoms. The van der Waals surface area contributed by atoms with Gasteiger partial charge in [-0.2, -0.15) is 0 Å². The minimum Gasteiger partial charge on any atom is -0.369 e. The minimum absolute atomic E-state index is 0.0914. The maximum atomic E-state index is 11.5. The predicted molar refractivity (Wildman–Crippen MR) is 85.6 cm³/mol. The van der Waals surface area contributed by atoms with Crippen LogP contribution in [0.25, 0.3) is 10.2 Å². The van der Waals surface area contributed by atoms with Crippen LogP contribution in [0.1, 0.15) is 30.2 Å². The van der Waals surface area contributed by atoms with Crippen molar-refractivity contribution in [3.8, 4) is 0 Å². The first kappa shape index (κ1) is 14.3. The van der Waals surface area contributed by atoms with E-state index < -0.39 is 0 Å². The topological polar surface area (TPSA) is 72.1 Å². The van der Waals surface area contributed by atoms with Gasteiger partial charge in [-0.1, -0.05) is 0 Å². The zero-order valence-electron chi connectivity index (χ0n) is 12.6. The van der Waals surface area contributed by atoms with Gasteiger partial charge in [0.15, 0.2) is 0 Å². The number of piperidine rings is 1. The highest BCUT2D eigenvalue weighted by molar-refractivity contribution is 7.18. The van der Waals surface area contributed by atoms with E-state index >= 15 is 0 Å². The third kappa shape index (κ3) is 2.37. The summed E-state index contributed by atoms with van der Waals surface area (Å²) in [4.78, 5) is 25.0. The number of nitrogens with zero attached hydrogens (tertiary/aromatic N) is 3. The Morgan fingerprint density at radius 2 is 2.14 bits per heavy atom. The zero-order chi connectivity index (χ0) is 15.1. The van der Waals surface area contributed by atoms with Gasteiger partial charge in [0.1, 0.15) is 17.0 Å². The van der Waals surface area contributed by atoms with Crippen LogP contribution in [0.4, 0.5) is 5.82 Å². The number of carbonyl (C=O) groups is 1. The van der Waals surface area contributed by atoms with Crippen molar-refractivity contribution in [2.24, 2.45) is 11.7 Å². The summed E-state index contributed by atoms with van der Waals surface area (Å²) in [5, 5.41) is 1.12. The second-order valence-electron chi connectivity index (χ2n) is 5.84. The first-order valence-corrected chi connectivity index (χ1v) is 8.07. The summed E-state index contributed by atoms with van der Waals surface area (Å²) < 4.78 is 0. The first-order chi connectivity index (χ1) is 9.99.